The first-order valence-corrected chi connectivity index (χ1v) is 8.97. The van der Waals surface area contributed by atoms with Gasteiger partial charge in [-0.25, -0.2) is 0 Å². The van der Waals surface area contributed by atoms with E-state index in [2.05, 4.69) is 15.2 Å². The van der Waals surface area contributed by atoms with Gasteiger partial charge in [0.15, 0.2) is 0 Å². The van der Waals surface area contributed by atoms with Crippen molar-refractivity contribution in [2.24, 2.45) is 7.05 Å². The Morgan fingerprint density at radius 1 is 1.13 bits per heavy atom. The van der Waals surface area contributed by atoms with Crippen molar-refractivity contribution in [2.75, 3.05) is 0 Å². The molecule has 0 N–H and O–H groups in total. The smallest absolute Gasteiger partial charge is 0.314 e. The van der Waals surface area contributed by atoms with Crippen LogP contribution in [-0.2, 0) is 13.7 Å². The molecule has 7 nitrogen and oxygen atoms in total. The third-order valence-corrected chi connectivity index (χ3v) is 4.36. The van der Waals surface area contributed by atoms with Crippen LogP contribution in [0, 0.1) is 0 Å². The monoisotopic (exact) mass is 410 g/mol. The fraction of sp³-hybridized carbons (Fsp3) is 0.143. The second kappa shape index (κ2) is 8.24. The first kappa shape index (κ1) is 19.4. The van der Waals surface area contributed by atoms with Gasteiger partial charge in [-0.1, -0.05) is 30.3 Å². The number of aromatic nitrogens is 4. The molecule has 152 valence electrons. The molecule has 0 unspecified atom stereocenters. The molecular weight excluding hydrogens is 394 g/mol. The lowest BCUT2D eigenvalue weighted by Crippen LogP contribution is -2.19. The first-order chi connectivity index (χ1) is 14.5. The Labute approximate surface area is 169 Å². The first-order valence-electron chi connectivity index (χ1n) is 8.97. The highest BCUT2D eigenvalue weighted by Gasteiger charge is 2.19. The van der Waals surface area contributed by atoms with Crippen molar-refractivity contribution in [1.29, 1.82) is 0 Å². The zero-order chi connectivity index (χ0) is 21.1. The standard InChI is InChI=1S/C21H16F2N4O3/c1-27-10-8-16(29-12-13-5-3-2-4-6-13)17(21(27)28)15-11-14(7-9-24-15)19-25-26-20(30-19)18(22)23/h2-11,18H,12H2,1H3. The van der Waals surface area contributed by atoms with Gasteiger partial charge in [0.1, 0.15) is 17.9 Å². The van der Waals surface area contributed by atoms with Crippen LogP contribution in [0.25, 0.3) is 22.7 Å². The summed E-state index contributed by atoms with van der Waals surface area (Å²) in [5.41, 5.74) is 1.53. The average Bonchev–Trinajstić information content (AvgIpc) is 3.26. The predicted octanol–water partition coefficient (Wildman–Crippen LogP) is 4.01. The van der Waals surface area contributed by atoms with Gasteiger partial charge >= 0.3 is 6.43 Å². The number of aryl methyl sites for hydroxylation is 1. The molecule has 0 radical (unpaired) electrons. The minimum atomic E-state index is -2.87. The third-order valence-electron chi connectivity index (χ3n) is 4.36. The van der Waals surface area contributed by atoms with Crippen molar-refractivity contribution >= 4 is 0 Å². The minimum absolute atomic E-state index is 0.0894. The lowest BCUT2D eigenvalue weighted by molar-refractivity contribution is 0.116. The van der Waals surface area contributed by atoms with Gasteiger partial charge in [-0.3, -0.25) is 9.78 Å². The molecule has 0 amide bonds. The number of nitrogens with zero attached hydrogens (tertiary/aromatic N) is 4. The van der Waals surface area contributed by atoms with E-state index in [9.17, 15) is 13.6 Å². The average molecular weight is 410 g/mol. The summed E-state index contributed by atoms with van der Waals surface area (Å²) in [5, 5.41) is 6.97. The number of benzene rings is 1. The molecule has 0 aliphatic rings. The summed E-state index contributed by atoms with van der Waals surface area (Å²) in [4.78, 5) is 17.1. The topological polar surface area (TPSA) is 83.0 Å². The lowest BCUT2D eigenvalue weighted by atomic mass is 10.1. The highest BCUT2D eigenvalue weighted by Crippen LogP contribution is 2.29. The molecule has 0 saturated heterocycles. The minimum Gasteiger partial charge on any atom is -0.488 e. The summed E-state index contributed by atoms with van der Waals surface area (Å²) in [5.74, 6) is -0.510. The van der Waals surface area contributed by atoms with Crippen LogP contribution in [0.4, 0.5) is 8.78 Å². The van der Waals surface area contributed by atoms with E-state index < -0.39 is 12.3 Å². The fourth-order valence-electron chi connectivity index (χ4n) is 2.84. The molecule has 0 saturated carbocycles. The molecule has 4 rings (SSSR count). The summed E-state index contributed by atoms with van der Waals surface area (Å²) in [7, 11) is 1.61. The van der Waals surface area contributed by atoms with Crippen LogP contribution in [0.2, 0.25) is 0 Å². The van der Waals surface area contributed by atoms with Crippen LogP contribution < -0.4 is 10.3 Å². The third kappa shape index (κ3) is 3.95. The van der Waals surface area contributed by atoms with Gasteiger partial charge in [0, 0.05) is 25.0 Å². The number of hydrogen-bond acceptors (Lipinski definition) is 6. The Balaban J connectivity index is 1.72. The lowest BCUT2D eigenvalue weighted by Gasteiger charge is -2.12. The van der Waals surface area contributed by atoms with Crippen molar-refractivity contribution in [1.82, 2.24) is 19.7 Å². The van der Waals surface area contributed by atoms with Crippen molar-refractivity contribution < 1.29 is 17.9 Å². The predicted molar refractivity (Wildman–Crippen MR) is 104 cm³/mol. The molecule has 0 aliphatic carbocycles. The largest absolute Gasteiger partial charge is 0.488 e. The molecule has 3 aromatic heterocycles. The number of pyridine rings is 2. The van der Waals surface area contributed by atoms with Crippen LogP contribution in [0.1, 0.15) is 17.9 Å². The quantitative estimate of drug-likeness (QED) is 0.478. The molecule has 30 heavy (non-hydrogen) atoms. The van der Waals surface area contributed by atoms with E-state index in [4.69, 9.17) is 9.15 Å². The van der Waals surface area contributed by atoms with Crippen LogP contribution in [0.3, 0.4) is 0 Å². The summed E-state index contributed by atoms with van der Waals surface area (Å²) >= 11 is 0. The van der Waals surface area contributed by atoms with Gasteiger partial charge in [0.05, 0.1) is 5.69 Å². The molecule has 3 heterocycles. The number of hydrogen-bond donors (Lipinski definition) is 0. The fourth-order valence-corrected chi connectivity index (χ4v) is 2.84. The number of alkyl halides is 2. The Morgan fingerprint density at radius 3 is 2.67 bits per heavy atom. The molecule has 0 fully saturated rings. The van der Waals surface area contributed by atoms with E-state index in [0.717, 1.165) is 5.56 Å². The maximum Gasteiger partial charge on any atom is 0.314 e. The van der Waals surface area contributed by atoms with Gasteiger partial charge in [-0.05, 0) is 23.8 Å². The zero-order valence-corrected chi connectivity index (χ0v) is 15.8. The normalized spacial score (nSPS) is 11.1. The van der Waals surface area contributed by atoms with Gasteiger partial charge in [0.2, 0.25) is 5.89 Å². The van der Waals surface area contributed by atoms with Crippen molar-refractivity contribution in [3.63, 3.8) is 0 Å². The van der Waals surface area contributed by atoms with E-state index >= 15 is 0 Å². The molecule has 1 aromatic carbocycles. The summed E-state index contributed by atoms with van der Waals surface area (Å²) in [6.07, 6.45) is 0.166. The van der Waals surface area contributed by atoms with Crippen LogP contribution in [0.15, 0.2) is 70.1 Å². The van der Waals surface area contributed by atoms with Crippen LogP contribution in [-0.4, -0.2) is 19.7 Å². The molecule has 0 spiro atoms. The Hall–Kier alpha value is -3.88. The maximum absolute atomic E-state index is 12.8. The second-order valence-corrected chi connectivity index (χ2v) is 6.42. The van der Waals surface area contributed by atoms with Crippen molar-refractivity contribution in [3.8, 4) is 28.5 Å². The Kier molecular flexibility index (Phi) is 5.34. The molecular formula is C21H16F2N4O3. The van der Waals surface area contributed by atoms with Crippen LogP contribution in [0.5, 0.6) is 5.75 Å². The zero-order valence-electron chi connectivity index (χ0n) is 15.8. The van der Waals surface area contributed by atoms with E-state index in [1.165, 1.54) is 22.9 Å². The molecule has 0 atom stereocenters. The van der Waals surface area contributed by atoms with Gasteiger partial charge in [0.25, 0.3) is 11.4 Å². The van der Waals surface area contributed by atoms with E-state index in [1.807, 2.05) is 30.3 Å². The van der Waals surface area contributed by atoms with Crippen molar-refractivity contribution in [2.45, 2.75) is 13.0 Å². The number of halogens is 2. The van der Waals surface area contributed by atoms with Gasteiger partial charge in [-0.2, -0.15) is 8.78 Å². The van der Waals surface area contributed by atoms with E-state index in [-0.39, 0.29) is 23.6 Å². The highest BCUT2D eigenvalue weighted by molar-refractivity contribution is 5.70. The van der Waals surface area contributed by atoms with E-state index in [0.29, 0.717) is 17.0 Å². The van der Waals surface area contributed by atoms with Crippen molar-refractivity contribution in [3.05, 3.63) is 82.7 Å². The summed E-state index contributed by atoms with van der Waals surface area (Å²) in [6, 6.07) is 14.2. The molecule has 4 aromatic rings. The molecule has 9 heteroatoms. The Morgan fingerprint density at radius 2 is 1.93 bits per heavy atom. The van der Waals surface area contributed by atoms with Gasteiger partial charge < -0.3 is 13.7 Å². The Bertz CT molecular complexity index is 1220. The summed E-state index contributed by atoms with van der Waals surface area (Å²) in [6.45, 7) is 0.266. The number of rotatable bonds is 6. The summed E-state index contributed by atoms with van der Waals surface area (Å²) < 4.78 is 37.8. The second-order valence-electron chi connectivity index (χ2n) is 6.42. The molecule has 0 aliphatic heterocycles. The van der Waals surface area contributed by atoms with Gasteiger partial charge in [-0.15, -0.1) is 10.2 Å². The highest BCUT2D eigenvalue weighted by atomic mass is 19.3. The number of ether oxygens (including phenoxy) is 1. The van der Waals surface area contributed by atoms with Crippen LogP contribution >= 0.6 is 0 Å². The maximum atomic E-state index is 12.8. The molecule has 0 bridgehead atoms. The SMILES string of the molecule is Cn1ccc(OCc2ccccc2)c(-c2cc(-c3nnc(C(F)F)o3)ccn2)c1=O. The van der Waals surface area contributed by atoms with E-state index in [1.54, 1.807) is 19.3 Å².